The maximum absolute atomic E-state index is 12.1. The summed E-state index contributed by atoms with van der Waals surface area (Å²) in [7, 11) is 0. The van der Waals surface area contributed by atoms with E-state index >= 15 is 0 Å². The van der Waals surface area contributed by atoms with Crippen LogP contribution in [0.3, 0.4) is 0 Å². The molecule has 1 aliphatic heterocycles. The summed E-state index contributed by atoms with van der Waals surface area (Å²) in [4.78, 5) is 25.2. The minimum atomic E-state index is -0.799. The first kappa shape index (κ1) is 15.1. The van der Waals surface area contributed by atoms with Gasteiger partial charge in [0.25, 0.3) is 0 Å². The lowest BCUT2D eigenvalue weighted by molar-refractivity contribution is -0.151. The van der Waals surface area contributed by atoms with Gasteiger partial charge >= 0.3 is 12.1 Å². The van der Waals surface area contributed by atoms with Crippen LogP contribution in [0.25, 0.3) is 0 Å². The number of carbonyl (C=O) groups is 2. The van der Waals surface area contributed by atoms with E-state index in [1.54, 1.807) is 4.90 Å². The molecular weight excluding hydrogens is 258 g/mol. The van der Waals surface area contributed by atoms with Crippen molar-refractivity contribution in [2.45, 2.75) is 53.1 Å². The molecule has 114 valence electrons. The lowest BCUT2D eigenvalue weighted by Gasteiger charge is -2.53. The first-order valence-electron chi connectivity index (χ1n) is 7.15. The van der Waals surface area contributed by atoms with Crippen LogP contribution in [0.1, 0.15) is 47.5 Å². The van der Waals surface area contributed by atoms with Crippen molar-refractivity contribution < 1.29 is 19.4 Å². The summed E-state index contributed by atoms with van der Waals surface area (Å²) in [6.45, 7) is 10.5. The van der Waals surface area contributed by atoms with E-state index in [2.05, 4.69) is 13.8 Å². The third-order valence-corrected chi connectivity index (χ3v) is 4.26. The van der Waals surface area contributed by atoms with E-state index in [0.29, 0.717) is 6.54 Å². The van der Waals surface area contributed by atoms with Crippen LogP contribution in [0.15, 0.2) is 0 Å². The molecule has 0 bridgehead atoms. The number of hydrogen-bond donors (Lipinski definition) is 1. The van der Waals surface area contributed by atoms with Gasteiger partial charge in [0.15, 0.2) is 0 Å². The summed E-state index contributed by atoms with van der Waals surface area (Å²) in [6.07, 6.45) is 1.32. The maximum Gasteiger partial charge on any atom is 0.410 e. The van der Waals surface area contributed by atoms with Crippen molar-refractivity contribution in [3.8, 4) is 0 Å². The molecule has 1 unspecified atom stereocenters. The van der Waals surface area contributed by atoms with Crippen molar-refractivity contribution in [3.05, 3.63) is 0 Å². The highest BCUT2D eigenvalue weighted by Gasteiger charge is 2.61. The molecule has 0 aromatic carbocycles. The maximum atomic E-state index is 12.1. The number of amides is 1. The quantitative estimate of drug-likeness (QED) is 0.803. The summed E-state index contributed by atoms with van der Waals surface area (Å²) in [5.74, 6) is -1.27. The predicted molar refractivity (Wildman–Crippen MR) is 74.4 cm³/mol. The smallest absolute Gasteiger partial charge is 0.410 e. The Labute approximate surface area is 120 Å². The molecule has 2 fully saturated rings. The molecule has 0 aromatic rings. The summed E-state index contributed by atoms with van der Waals surface area (Å²) < 4.78 is 5.36. The lowest BCUT2D eigenvalue weighted by atomic mass is 9.51. The zero-order valence-electron chi connectivity index (χ0n) is 13.0. The van der Waals surface area contributed by atoms with Crippen molar-refractivity contribution in [1.82, 2.24) is 4.90 Å². The SMILES string of the molecule is CC1(C)CC2(CN(C(=O)OC(C)(C)C)CC2C(=O)O)C1. The number of ether oxygens (including phenoxy) is 1. The van der Waals surface area contributed by atoms with Gasteiger partial charge in [0.1, 0.15) is 5.60 Å². The Morgan fingerprint density at radius 3 is 2.20 bits per heavy atom. The highest BCUT2D eigenvalue weighted by molar-refractivity contribution is 5.76. The van der Waals surface area contributed by atoms with Gasteiger partial charge in [-0.2, -0.15) is 0 Å². The van der Waals surface area contributed by atoms with Crippen molar-refractivity contribution in [3.63, 3.8) is 0 Å². The fourth-order valence-electron chi connectivity index (χ4n) is 3.99. The number of nitrogens with zero attached hydrogens (tertiary/aromatic N) is 1. The normalized spacial score (nSPS) is 27.2. The second-order valence-electron chi connectivity index (χ2n) is 8.13. The van der Waals surface area contributed by atoms with Gasteiger partial charge in [0.2, 0.25) is 0 Å². The average molecular weight is 283 g/mol. The van der Waals surface area contributed by atoms with Crippen LogP contribution in [0.4, 0.5) is 4.79 Å². The molecule has 1 saturated carbocycles. The predicted octanol–water partition coefficient (Wildman–Crippen LogP) is 2.74. The fraction of sp³-hybridized carbons (Fsp3) is 0.867. The first-order valence-corrected chi connectivity index (χ1v) is 7.15. The number of aliphatic carboxylic acids is 1. The van der Waals surface area contributed by atoms with Crippen LogP contribution in [-0.2, 0) is 9.53 Å². The Kier molecular flexibility index (Phi) is 3.30. The van der Waals surface area contributed by atoms with E-state index in [0.717, 1.165) is 12.8 Å². The van der Waals surface area contributed by atoms with E-state index in [1.165, 1.54) is 0 Å². The summed E-state index contributed by atoms with van der Waals surface area (Å²) in [5.41, 5.74) is -0.631. The van der Waals surface area contributed by atoms with Crippen LogP contribution in [0.2, 0.25) is 0 Å². The number of carbonyl (C=O) groups excluding carboxylic acids is 1. The monoisotopic (exact) mass is 283 g/mol. The Balaban J connectivity index is 2.10. The summed E-state index contributed by atoms with van der Waals surface area (Å²) in [6, 6.07) is 0. The van der Waals surface area contributed by atoms with Crippen LogP contribution >= 0.6 is 0 Å². The highest BCUT2D eigenvalue weighted by atomic mass is 16.6. The van der Waals surface area contributed by atoms with Crippen molar-refractivity contribution >= 4 is 12.1 Å². The fourth-order valence-corrected chi connectivity index (χ4v) is 3.99. The van der Waals surface area contributed by atoms with Crippen molar-refractivity contribution in [2.75, 3.05) is 13.1 Å². The van der Waals surface area contributed by atoms with E-state index in [1.807, 2.05) is 20.8 Å². The summed E-state index contributed by atoms with van der Waals surface area (Å²) >= 11 is 0. The second-order valence-corrected chi connectivity index (χ2v) is 8.13. The Hall–Kier alpha value is -1.26. The van der Waals surface area contributed by atoms with Gasteiger partial charge in [0.05, 0.1) is 5.92 Å². The van der Waals surface area contributed by atoms with Crippen molar-refractivity contribution in [1.29, 1.82) is 0 Å². The van der Waals surface area contributed by atoms with Gasteiger partial charge in [0, 0.05) is 18.5 Å². The molecule has 5 nitrogen and oxygen atoms in total. The minimum absolute atomic E-state index is 0.178. The van der Waals surface area contributed by atoms with Gasteiger partial charge in [-0.15, -0.1) is 0 Å². The third-order valence-electron chi connectivity index (χ3n) is 4.26. The number of carboxylic acid groups (broad SMARTS) is 1. The van der Waals surface area contributed by atoms with Crippen LogP contribution in [-0.4, -0.2) is 40.8 Å². The molecule has 0 radical (unpaired) electrons. The highest BCUT2D eigenvalue weighted by Crippen LogP contribution is 2.60. The number of hydrogen-bond acceptors (Lipinski definition) is 3. The average Bonchev–Trinajstić information content (AvgIpc) is 2.53. The standard InChI is InChI=1S/C15H25NO4/c1-13(2,3)20-12(19)16-6-10(11(17)18)15(9-16)7-14(4,5)8-15/h10H,6-9H2,1-5H3,(H,17,18). The largest absolute Gasteiger partial charge is 0.481 e. The molecule has 2 rings (SSSR count). The molecule has 1 atom stereocenters. The summed E-state index contributed by atoms with van der Waals surface area (Å²) in [5, 5.41) is 9.44. The van der Waals surface area contributed by atoms with Crippen LogP contribution in [0.5, 0.6) is 0 Å². The van der Waals surface area contributed by atoms with Gasteiger partial charge in [-0.1, -0.05) is 13.8 Å². The lowest BCUT2D eigenvalue weighted by Crippen LogP contribution is -2.50. The van der Waals surface area contributed by atoms with E-state index in [9.17, 15) is 14.7 Å². The molecule has 1 saturated heterocycles. The van der Waals surface area contributed by atoms with E-state index < -0.39 is 23.6 Å². The molecule has 0 aromatic heterocycles. The topological polar surface area (TPSA) is 66.8 Å². The first-order chi connectivity index (χ1) is 8.94. The van der Waals surface area contributed by atoms with E-state index in [4.69, 9.17) is 4.74 Å². The molecule has 1 N–H and O–H groups in total. The molecule has 1 spiro atoms. The second kappa shape index (κ2) is 4.37. The molecular formula is C15H25NO4. The Bertz CT molecular complexity index is 428. The zero-order chi connectivity index (χ0) is 15.3. The number of likely N-dealkylation sites (tertiary alicyclic amines) is 1. The molecule has 20 heavy (non-hydrogen) atoms. The Morgan fingerprint density at radius 1 is 1.25 bits per heavy atom. The Morgan fingerprint density at radius 2 is 1.80 bits per heavy atom. The molecule has 1 heterocycles. The van der Waals surface area contributed by atoms with Gasteiger partial charge in [-0.05, 0) is 39.0 Å². The van der Waals surface area contributed by atoms with Gasteiger partial charge in [-0.3, -0.25) is 4.79 Å². The molecule has 2 aliphatic rings. The van der Waals surface area contributed by atoms with Gasteiger partial charge < -0.3 is 14.7 Å². The minimum Gasteiger partial charge on any atom is -0.481 e. The number of rotatable bonds is 1. The number of carboxylic acids is 1. The van der Waals surface area contributed by atoms with Crippen LogP contribution < -0.4 is 0 Å². The zero-order valence-corrected chi connectivity index (χ0v) is 13.0. The van der Waals surface area contributed by atoms with Crippen LogP contribution in [0, 0.1) is 16.7 Å². The van der Waals surface area contributed by atoms with E-state index in [-0.39, 0.29) is 17.4 Å². The van der Waals surface area contributed by atoms with Gasteiger partial charge in [-0.25, -0.2) is 4.79 Å². The van der Waals surface area contributed by atoms with Crippen molar-refractivity contribution in [2.24, 2.45) is 16.7 Å². The molecule has 1 aliphatic carbocycles. The molecule has 1 amide bonds. The third kappa shape index (κ3) is 2.76. The molecule has 5 heteroatoms.